The van der Waals surface area contributed by atoms with Gasteiger partial charge in [-0.2, -0.15) is 0 Å². The van der Waals surface area contributed by atoms with Gasteiger partial charge in [0.2, 0.25) is 0 Å². The average molecular weight is 856 g/mol. The van der Waals surface area contributed by atoms with Crippen molar-refractivity contribution in [1.82, 2.24) is 9.80 Å². The molecular formula is C60H106N2. The molecule has 9 fully saturated rings. The minimum Gasteiger partial charge on any atom is -0.294 e. The van der Waals surface area contributed by atoms with E-state index in [9.17, 15) is 0 Å². The first-order valence-electron chi connectivity index (χ1n) is 29.4. The van der Waals surface area contributed by atoms with Crippen molar-refractivity contribution in [1.29, 1.82) is 0 Å². The van der Waals surface area contributed by atoms with E-state index in [4.69, 9.17) is 0 Å². The van der Waals surface area contributed by atoms with Crippen LogP contribution in [0.15, 0.2) is 0 Å². The van der Waals surface area contributed by atoms with Crippen molar-refractivity contribution in [3.63, 3.8) is 0 Å². The Morgan fingerprint density at radius 3 is 0.903 bits per heavy atom. The minimum atomic E-state index is 0.463. The molecule has 9 aliphatic rings. The molecule has 9 rings (SSSR count). The molecule has 0 aromatic rings. The highest BCUT2D eigenvalue weighted by molar-refractivity contribution is 5.12. The van der Waals surface area contributed by atoms with E-state index in [2.05, 4.69) is 65.2 Å². The first kappa shape index (κ1) is 47.0. The number of hydrogen-bond donors (Lipinski definition) is 0. The highest BCUT2D eigenvalue weighted by atomic mass is 15.3. The fourth-order valence-corrected chi connectivity index (χ4v) is 18.9. The molecule has 0 aromatic carbocycles. The Hall–Kier alpha value is -0.0800. The SMILES string of the molecule is CC1CCC(N(C2CCC(C(C)(C)C)CC2)C2C3CCC(C4CCCCC4)CC3C(N(C3CCC(C)CC3)C3CCC(C(C)(C)C)CC3)C3CCC(C4CCCCC4)CC32)CC1. The smallest absolute Gasteiger partial charge is 0.0164 e. The van der Waals surface area contributed by atoms with Crippen LogP contribution in [-0.4, -0.2) is 46.1 Å². The van der Waals surface area contributed by atoms with Gasteiger partial charge in [-0.3, -0.25) is 9.80 Å². The molecule has 0 aliphatic heterocycles. The fraction of sp³-hybridized carbons (Fsp3) is 1.00. The third-order valence-corrected chi connectivity index (χ3v) is 22.6. The molecule has 0 N–H and O–H groups in total. The summed E-state index contributed by atoms with van der Waals surface area (Å²) >= 11 is 0. The summed E-state index contributed by atoms with van der Waals surface area (Å²) < 4.78 is 0. The third kappa shape index (κ3) is 10.3. The summed E-state index contributed by atoms with van der Waals surface area (Å²) in [7, 11) is 0. The van der Waals surface area contributed by atoms with Gasteiger partial charge in [0.1, 0.15) is 0 Å². The van der Waals surface area contributed by atoms with E-state index in [-0.39, 0.29) is 0 Å². The van der Waals surface area contributed by atoms with Crippen molar-refractivity contribution in [3.8, 4) is 0 Å². The average Bonchev–Trinajstić information content (AvgIpc) is 3.28. The summed E-state index contributed by atoms with van der Waals surface area (Å²) in [6, 6.07) is 5.17. The van der Waals surface area contributed by atoms with E-state index in [0.717, 1.165) is 107 Å². The van der Waals surface area contributed by atoms with Gasteiger partial charge in [0, 0.05) is 36.3 Å². The molecule has 0 heterocycles. The summed E-state index contributed by atoms with van der Waals surface area (Å²) in [5.41, 5.74) is 0.926. The molecular weight excluding hydrogens is 749 g/mol. The molecule has 2 heteroatoms. The maximum atomic E-state index is 3.57. The van der Waals surface area contributed by atoms with Crippen molar-refractivity contribution in [2.75, 3.05) is 0 Å². The summed E-state index contributed by atoms with van der Waals surface area (Å²) in [5, 5.41) is 0. The summed E-state index contributed by atoms with van der Waals surface area (Å²) in [6.07, 6.45) is 49.0. The van der Waals surface area contributed by atoms with Gasteiger partial charge in [-0.05, 0) is 223 Å². The number of hydrogen-bond acceptors (Lipinski definition) is 2. The lowest BCUT2D eigenvalue weighted by Gasteiger charge is -2.66. The van der Waals surface area contributed by atoms with Crippen molar-refractivity contribution in [2.45, 2.75) is 297 Å². The molecule has 0 bridgehead atoms. The van der Waals surface area contributed by atoms with Crippen molar-refractivity contribution < 1.29 is 0 Å². The van der Waals surface area contributed by atoms with Gasteiger partial charge >= 0.3 is 0 Å². The second-order valence-corrected chi connectivity index (χ2v) is 28.0. The van der Waals surface area contributed by atoms with Crippen LogP contribution in [0, 0.1) is 81.8 Å². The first-order valence-corrected chi connectivity index (χ1v) is 29.4. The Labute approximate surface area is 387 Å². The van der Waals surface area contributed by atoms with Gasteiger partial charge in [0.25, 0.3) is 0 Å². The van der Waals surface area contributed by atoms with Gasteiger partial charge in [-0.15, -0.1) is 0 Å². The highest BCUT2D eigenvalue weighted by Gasteiger charge is 2.60. The van der Waals surface area contributed by atoms with Crippen LogP contribution in [0.25, 0.3) is 0 Å². The van der Waals surface area contributed by atoms with E-state index < -0.39 is 0 Å². The summed E-state index contributed by atoms with van der Waals surface area (Å²) in [4.78, 5) is 7.14. The van der Waals surface area contributed by atoms with Crippen LogP contribution < -0.4 is 0 Å². The van der Waals surface area contributed by atoms with Crippen LogP contribution in [0.3, 0.4) is 0 Å². The Bertz CT molecular complexity index is 1240. The molecule has 8 unspecified atom stereocenters. The van der Waals surface area contributed by atoms with Gasteiger partial charge in [0.05, 0.1) is 0 Å². The monoisotopic (exact) mass is 855 g/mol. The summed E-state index contributed by atoms with van der Waals surface area (Å²) in [5.74, 6) is 11.6. The topological polar surface area (TPSA) is 6.48 Å². The van der Waals surface area contributed by atoms with E-state index in [1.165, 1.54) is 141 Å². The highest BCUT2D eigenvalue weighted by Crippen LogP contribution is 2.61. The lowest BCUT2D eigenvalue weighted by atomic mass is 9.49. The molecule has 9 saturated carbocycles. The molecule has 9 aliphatic carbocycles. The lowest BCUT2D eigenvalue weighted by molar-refractivity contribution is -0.164. The minimum absolute atomic E-state index is 0.463. The van der Waals surface area contributed by atoms with Gasteiger partial charge < -0.3 is 0 Å². The second kappa shape index (κ2) is 20.3. The van der Waals surface area contributed by atoms with Gasteiger partial charge in [0.15, 0.2) is 0 Å². The van der Waals surface area contributed by atoms with Crippen LogP contribution in [0.1, 0.15) is 261 Å². The maximum Gasteiger partial charge on any atom is 0.0164 e. The zero-order chi connectivity index (χ0) is 43.2. The second-order valence-electron chi connectivity index (χ2n) is 28.0. The molecule has 0 saturated heterocycles. The van der Waals surface area contributed by atoms with Crippen molar-refractivity contribution in [2.24, 2.45) is 81.8 Å². The van der Waals surface area contributed by atoms with Crippen LogP contribution in [0.2, 0.25) is 0 Å². The molecule has 0 spiro atoms. The Kier molecular flexibility index (Phi) is 15.4. The van der Waals surface area contributed by atoms with Crippen LogP contribution in [0.5, 0.6) is 0 Å². The molecule has 356 valence electrons. The standard InChI is InChI=1S/C60H106N2/c1-41-19-29-49(30-20-41)61(51-33-25-47(26-34-51)59(3,4)5)57-53-37-23-46(44-17-13-10-14-18-44)40-56(53)58(54-38-24-45(39-55(54)57)43-15-11-9-12-16-43)62(50-31-21-42(2)22-32-50)52-35-27-48(28-36-52)60(6,7)8/h41-58H,9-40H2,1-8H3. The quantitative estimate of drug-likeness (QED) is 0.240. The van der Waals surface area contributed by atoms with Crippen LogP contribution in [0.4, 0.5) is 0 Å². The zero-order valence-electron chi connectivity index (χ0n) is 42.9. The Morgan fingerprint density at radius 1 is 0.290 bits per heavy atom. The molecule has 0 amide bonds. The number of rotatable bonds is 8. The van der Waals surface area contributed by atoms with Gasteiger partial charge in [-0.25, -0.2) is 0 Å². The van der Waals surface area contributed by atoms with Crippen molar-refractivity contribution in [3.05, 3.63) is 0 Å². The lowest BCUT2D eigenvalue weighted by Crippen LogP contribution is -2.69. The number of nitrogens with zero attached hydrogens (tertiary/aromatic N) is 2. The number of fused-ring (bicyclic) bond motifs is 2. The molecule has 2 nitrogen and oxygen atoms in total. The molecule has 0 radical (unpaired) electrons. The Morgan fingerprint density at radius 2 is 0.597 bits per heavy atom. The largest absolute Gasteiger partial charge is 0.294 e. The summed E-state index contributed by atoms with van der Waals surface area (Å²) in [6.45, 7) is 20.6. The van der Waals surface area contributed by atoms with E-state index >= 15 is 0 Å². The first-order chi connectivity index (χ1) is 29.8. The molecule has 8 atom stereocenters. The Balaban J connectivity index is 1.13. The van der Waals surface area contributed by atoms with Crippen molar-refractivity contribution >= 4 is 0 Å². The van der Waals surface area contributed by atoms with Crippen LogP contribution in [-0.2, 0) is 0 Å². The molecule has 0 aromatic heterocycles. The van der Waals surface area contributed by atoms with Crippen LogP contribution >= 0.6 is 0 Å². The zero-order valence-corrected chi connectivity index (χ0v) is 42.9. The maximum absolute atomic E-state index is 3.57. The van der Waals surface area contributed by atoms with E-state index in [1.807, 2.05) is 0 Å². The normalized spacial score (nSPS) is 44.8. The van der Waals surface area contributed by atoms with E-state index in [1.54, 1.807) is 64.2 Å². The predicted octanol–water partition coefficient (Wildman–Crippen LogP) is 16.9. The fourth-order valence-electron chi connectivity index (χ4n) is 18.9. The van der Waals surface area contributed by atoms with Gasteiger partial charge in [-0.1, -0.05) is 120 Å². The molecule has 62 heavy (non-hydrogen) atoms. The van der Waals surface area contributed by atoms with E-state index in [0.29, 0.717) is 10.8 Å². The predicted molar refractivity (Wildman–Crippen MR) is 266 cm³/mol. The third-order valence-electron chi connectivity index (χ3n) is 22.6.